The van der Waals surface area contributed by atoms with Crippen molar-refractivity contribution >= 4 is 6.09 Å². The highest BCUT2D eigenvalue weighted by atomic mass is 16.6. The molecular formula is C9H15NO3. The molecule has 1 saturated heterocycles. The molecule has 4 nitrogen and oxygen atoms in total. The Labute approximate surface area is 77.8 Å². The van der Waals surface area contributed by atoms with Crippen molar-refractivity contribution in [2.45, 2.75) is 26.8 Å². The van der Waals surface area contributed by atoms with Crippen molar-refractivity contribution in [1.82, 2.24) is 4.90 Å². The van der Waals surface area contributed by atoms with Crippen LogP contribution in [0.1, 0.15) is 20.8 Å². The van der Waals surface area contributed by atoms with Crippen LogP contribution in [0.3, 0.4) is 0 Å². The van der Waals surface area contributed by atoms with Gasteiger partial charge >= 0.3 is 6.09 Å². The molecule has 1 aliphatic heterocycles. The molecule has 1 rings (SSSR count). The summed E-state index contributed by atoms with van der Waals surface area (Å²) >= 11 is 0. The zero-order valence-electron chi connectivity index (χ0n) is 8.15. The number of hydrogen-bond donors (Lipinski definition) is 1. The Morgan fingerprint density at radius 2 is 2.38 bits per heavy atom. The van der Waals surface area contributed by atoms with Gasteiger partial charge in [0.15, 0.2) is 5.88 Å². The highest BCUT2D eigenvalue weighted by Crippen LogP contribution is 2.22. The Balaban J connectivity index is 2.83. The van der Waals surface area contributed by atoms with E-state index in [1.54, 1.807) is 6.92 Å². The van der Waals surface area contributed by atoms with Gasteiger partial charge in [0.1, 0.15) is 6.61 Å². The van der Waals surface area contributed by atoms with Crippen molar-refractivity contribution in [1.29, 1.82) is 0 Å². The van der Waals surface area contributed by atoms with Crippen LogP contribution in [-0.4, -0.2) is 28.7 Å². The predicted molar refractivity (Wildman–Crippen MR) is 48.2 cm³/mol. The summed E-state index contributed by atoms with van der Waals surface area (Å²) in [4.78, 5) is 12.5. The monoisotopic (exact) mass is 185 g/mol. The summed E-state index contributed by atoms with van der Waals surface area (Å²) in [6.45, 7) is 6.01. The van der Waals surface area contributed by atoms with E-state index in [0.29, 0.717) is 6.61 Å². The lowest BCUT2D eigenvalue weighted by atomic mass is 10.1. The number of cyclic esters (lactones) is 1. The molecule has 1 heterocycles. The number of hydrogen-bond acceptors (Lipinski definition) is 3. The van der Waals surface area contributed by atoms with Crippen LogP contribution in [0.4, 0.5) is 4.79 Å². The van der Waals surface area contributed by atoms with Crippen LogP contribution in [0, 0.1) is 5.92 Å². The van der Waals surface area contributed by atoms with Crippen LogP contribution >= 0.6 is 0 Å². The average molecular weight is 185 g/mol. The number of allylic oxidation sites excluding steroid dienone is 1. The third-order valence-electron chi connectivity index (χ3n) is 2.18. The van der Waals surface area contributed by atoms with Crippen molar-refractivity contribution in [3.05, 3.63) is 12.0 Å². The van der Waals surface area contributed by atoms with Gasteiger partial charge in [-0.3, -0.25) is 0 Å². The number of aliphatic hydroxyl groups excluding tert-OH is 1. The molecule has 0 bridgehead atoms. The van der Waals surface area contributed by atoms with Gasteiger partial charge in [0.25, 0.3) is 0 Å². The number of amides is 1. The zero-order chi connectivity index (χ0) is 10.0. The van der Waals surface area contributed by atoms with Gasteiger partial charge in [0.05, 0.1) is 6.04 Å². The number of carbonyl (C=O) groups is 1. The predicted octanol–water partition coefficient (Wildman–Crippen LogP) is 1.88. The molecular weight excluding hydrogens is 170 g/mol. The molecule has 0 aromatic carbocycles. The van der Waals surface area contributed by atoms with Crippen molar-refractivity contribution < 1.29 is 14.6 Å². The molecule has 0 unspecified atom stereocenters. The van der Waals surface area contributed by atoms with E-state index in [1.807, 2.05) is 13.8 Å². The average Bonchev–Trinajstić information content (AvgIpc) is 2.46. The molecule has 0 aromatic rings. The maximum absolute atomic E-state index is 11.2. The van der Waals surface area contributed by atoms with Crippen molar-refractivity contribution in [2.75, 3.05) is 6.61 Å². The van der Waals surface area contributed by atoms with Crippen molar-refractivity contribution in [3.63, 3.8) is 0 Å². The molecule has 0 spiro atoms. The quantitative estimate of drug-likeness (QED) is 0.668. The van der Waals surface area contributed by atoms with Crippen LogP contribution in [0.15, 0.2) is 12.0 Å². The molecule has 1 N–H and O–H groups in total. The van der Waals surface area contributed by atoms with Crippen LogP contribution in [0.2, 0.25) is 0 Å². The lowest BCUT2D eigenvalue weighted by Gasteiger charge is -2.22. The molecule has 0 aliphatic carbocycles. The van der Waals surface area contributed by atoms with Crippen LogP contribution < -0.4 is 0 Å². The fourth-order valence-corrected chi connectivity index (χ4v) is 1.33. The Bertz CT molecular complexity index is 235. The zero-order valence-corrected chi connectivity index (χ0v) is 8.15. The lowest BCUT2D eigenvalue weighted by molar-refractivity contribution is 0.146. The van der Waals surface area contributed by atoms with E-state index in [2.05, 4.69) is 0 Å². The van der Waals surface area contributed by atoms with E-state index in [-0.39, 0.29) is 17.8 Å². The molecule has 4 heteroatoms. The third kappa shape index (κ3) is 1.76. The number of carbonyl (C=O) groups excluding carboxylic acids is 1. The summed E-state index contributed by atoms with van der Waals surface area (Å²) in [5, 5.41) is 9.43. The number of rotatable bonds is 2. The molecule has 0 radical (unpaired) electrons. The Morgan fingerprint density at radius 1 is 1.77 bits per heavy atom. The fourth-order valence-electron chi connectivity index (χ4n) is 1.33. The standard InChI is InChI=1S/C9H15NO3/c1-4-8(11)10-7(6(2)3)5-13-9(10)12/h4,6-7,11H,5H2,1-3H3/b8-4-/t7-/m1/s1. The normalized spacial score (nSPS) is 24.0. The van der Waals surface area contributed by atoms with Crippen molar-refractivity contribution in [3.8, 4) is 0 Å². The summed E-state index contributed by atoms with van der Waals surface area (Å²) in [5.41, 5.74) is 0. The highest BCUT2D eigenvalue weighted by molar-refractivity contribution is 5.72. The third-order valence-corrected chi connectivity index (χ3v) is 2.18. The summed E-state index contributed by atoms with van der Waals surface area (Å²) in [5.74, 6) is 0.245. The van der Waals surface area contributed by atoms with Gasteiger partial charge < -0.3 is 9.84 Å². The molecule has 0 aromatic heterocycles. The topological polar surface area (TPSA) is 49.8 Å². The van der Waals surface area contributed by atoms with E-state index >= 15 is 0 Å². The van der Waals surface area contributed by atoms with Crippen molar-refractivity contribution in [2.24, 2.45) is 5.92 Å². The maximum Gasteiger partial charge on any atom is 0.417 e. The Kier molecular flexibility index (Phi) is 2.80. The maximum atomic E-state index is 11.2. The van der Waals surface area contributed by atoms with Gasteiger partial charge in [0.2, 0.25) is 0 Å². The molecule has 1 aliphatic rings. The number of ether oxygens (including phenoxy) is 1. The molecule has 1 fully saturated rings. The minimum absolute atomic E-state index is 0.0267. The molecule has 13 heavy (non-hydrogen) atoms. The minimum atomic E-state index is -0.464. The lowest BCUT2D eigenvalue weighted by Crippen LogP contribution is -2.36. The van der Waals surface area contributed by atoms with Crippen LogP contribution in [0.5, 0.6) is 0 Å². The first kappa shape index (κ1) is 9.89. The van der Waals surface area contributed by atoms with Gasteiger partial charge in [-0.25, -0.2) is 9.69 Å². The van der Waals surface area contributed by atoms with Gasteiger partial charge in [-0.1, -0.05) is 13.8 Å². The Morgan fingerprint density at radius 3 is 2.85 bits per heavy atom. The van der Waals surface area contributed by atoms with E-state index < -0.39 is 6.09 Å². The van der Waals surface area contributed by atoms with E-state index in [1.165, 1.54) is 11.0 Å². The largest absolute Gasteiger partial charge is 0.495 e. The summed E-state index contributed by atoms with van der Waals surface area (Å²) < 4.78 is 4.85. The van der Waals surface area contributed by atoms with E-state index in [0.717, 1.165) is 0 Å². The summed E-state index contributed by atoms with van der Waals surface area (Å²) in [6.07, 6.45) is 1.02. The van der Waals surface area contributed by atoms with Gasteiger partial charge in [-0.15, -0.1) is 0 Å². The van der Waals surface area contributed by atoms with E-state index in [4.69, 9.17) is 4.74 Å². The van der Waals surface area contributed by atoms with Gasteiger partial charge in [-0.2, -0.15) is 0 Å². The van der Waals surface area contributed by atoms with Crippen LogP contribution in [-0.2, 0) is 4.74 Å². The first-order valence-electron chi connectivity index (χ1n) is 4.39. The Hall–Kier alpha value is -1.19. The van der Waals surface area contributed by atoms with Crippen LogP contribution in [0.25, 0.3) is 0 Å². The smallest absolute Gasteiger partial charge is 0.417 e. The fraction of sp³-hybridized carbons (Fsp3) is 0.667. The number of nitrogens with zero attached hydrogens (tertiary/aromatic N) is 1. The van der Waals surface area contributed by atoms with E-state index in [9.17, 15) is 9.90 Å². The molecule has 1 amide bonds. The first-order chi connectivity index (χ1) is 6.07. The van der Waals surface area contributed by atoms with Gasteiger partial charge in [-0.05, 0) is 18.9 Å². The molecule has 1 atom stereocenters. The molecule has 0 saturated carbocycles. The minimum Gasteiger partial charge on any atom is -0.495 e. The second-order valence-corrected chi connectivity index (χ2v) is 3.41. The summed E-state index contributed by atoms with van der Waals surface area (Å²) in [7, 11) is 0. The number of aliphatic hydroxyl groups is 1. The highest BCUT2D eigenvalue weighted by Gasteiger charge is 2.37. The first-order valence-corrected chi connectivity index (χ1v) is 4.39. The SMILES string of the molecule is C/C=C(\O)N1C(=O)OC[C@@H]1C(C)C. The second-order valence-electron chi connectivity index (χ2n) is 3.41. The summed E-state index contributed by atoms with van der Waals surface area (Å²) in [6, 6.07) is -0.0521. The second kappa shape index (κ2) is 3.68. The molecule has 74 valence electrons. The van der Waals surface area contributed by atoms with Gasteiger partial charge in [0, 0.05) is 0 Å².